The van der Waals surface area contributed by atoms with Crippen molar-refractivity contribution in [2.45, 2.75) is 45.1 Å². The number of ether oxygens (including phenoxy) is 1. The molecular weight excluding hydrogens is 268 g/mol. The minimum Gasteiger partial charge on any atom is -0.462 e. The van der Waals surface area contributed by atoms with Crippen molar-refractivity contribution in [3.05, 3.63) is 34.2 Å². The number of nitrogens with one attached hydrogen (secondary N) is 1. The van der Waals surface area contributed by atoms with Gasteiger partial charge in [0.2, 0.25) is 0 Å². The first-order valence-corrected chi connectivity index (χ1v) is 7.62. The molecule has 21 heavy (non-hydrogen) atoms. The van der Waals surface area contributed by atoms with Crippen LogP contribution in [0.15, 0.2) is 23.0 Å². The van der Waals surface area contributed by atoms with Gasteiger partial charge in [0.1, 0.15) is 0 Å². The number of hydrogen-bond donors (Lipinski definition) is 1. The summed E-state index contributed by atoms with van der Waals surface area (Å²) < 4.78 is 6.84. The minimum absolute atomic E-state index is 0.0853. The lowest BCUT2D eigenvalue weighted by Gasteiger charge is -2.22. The van der Waals surface area contributed by atoms with Crippen LogP contribution in [-0.4, -0.2) is 22.1 Å². The van der Waals surface area contributed by atoms with Crippen LogP contribution in [0.4, 0.5) is 0 Å². The van der Waals surface area contributed by atoms with Gasteiger partial charge in [-0.15, -0.1) is 0 Å². The first kappa shape index (κ1) is 13.9. The monoisotopic (exact) mass is 288 g/mol. The standard InChI is InChI=1S/C16H20N2O3/c1-2-21-15(19)11-8-9-14-13(10-11)17-16(20)18(14)12-6-4-3-5-7-12/h8-10,12H,2-7H2,1H3,(H,17,20). The zero-order valence-corrected chi connectivity index (χ0v) is 12.2. The van der Waals surface area contributed by atoms with E-state index >= 15 is 0 Å². The molecule has 1 N–H and O–H groups in total. The molecule has 0 atom stereocenters. The van der Waals surface area contributed by atoms with Crippen LogP contribution < -0.4 is 5.69 Å². The van der Waals surface area contributed by atoms with Crippen molar-refractivity contribution in [2.75, 3.05) is 6.61 Å². The van der Waals surface area contributed by atoms with E-state index in [1.807, 2.05) is 10.6 Å². The molecule has 5 nitrogen and oxygen atoms in total. The third-order valence-corrected chi connectivity index (χ3v) is 4.17. The molecular formula is C16H20N2O3. The van der Waals surface area contributed by atoms with Crippen molar-refractivity contribution >= 4 is 17.0 Å². The van der Waals surface area contributed by atoms with E-state index < -0.39 is 0 Å². The summed E-state index contributed by atoms with van der Waals surface area (Å²) in [5.74, 6) is -0.356. The van der Waals surface area contributed by atoms with E-state index in [1.165, 1.54) is 19.3 Å². The number of aromatic amines is 1. The molecule has 3 rings (SSSR count). The lowest BCUT2D eigenvalue weighted by Crippen LogP contribution is -2.23. The zero-order chi connectivity index (χ0) is 14.8. The molecule has 0 spiro atoms. The molecule has 1 aromatic carbocycles. The maximum atomic E-state index is 12.2. The molecule has 1 aliphatic rings. The number of carbonyl (C=O) groups excluding carboxylic acids is 1. The highest BCUT2D eigenvalue weighted by Gasteiger charge is 2.20. The Kier molecular flexibility index (Phi) is 3.82. The van der Waals surface area contributed by atoms with Crippen molar-refractivity contribution in [2.24, 2.45) is 0 Å². The number of rotatable bonds is 3. The normalized spacial score (nSPS) is 16.2. The van der Waals surface area contributed by atoms with Gasteiger partial charge in [-0.25, -0.2) is 9.59 Å². The summed E-state index contributed by atoms with van der Waals surface area (Å²) in [6.45, 7) is 2.12. The number of aromatic nitrogens is 2. The van der Waals surface area contributed by atoms with E-state index in [0.29, 0.717) is 17.7 Å². The zero-order valence-electron chi connectivity index (χ0n) is 12.2. The van der Waals surface area contributed by atoms with Gasteiger partial charge in [-0.2, -0.15) is 0 Å². The molecule has 1 aromatic heterocycles. The molecule has 0 bridgehead atoms. The van der Waals surface area contributed by atoms with E-state index in [4.69, 9.17) is 4.74 Å². The fourth-order valence-corrected chi connectivity index (χ4v) is 3.17. The summed E-state index contributed by atoms with van der Waals surface area (Å²) in [6.07, 6.45) is 5.69. The van der Waals surface area contributed by atoms with Crippen molar-refractivity contribution in [3.63, 3.8) is 0 Å². The van der Waals surface area contributed by atoms with Crippen LogP contribution in [-0.2, 0) is 4.74 Å². The van der Waals surface area contributed by atoms with Crippen molar-refractivity contribution in [3.8, 4) is 0 Å². The summed E-state index contributed by atoms with van der Waals surface area (Å²) in [5, 5.41) is 0. The summed E-state index contributed by atoms with van der Waals surface area (Å²) in [5.41, 5.74) is 1.97. The molecule has 5 heteroatoms. The average Bonchev–Trinajstić information content (AvgIpc) is 2.83. The Labute approximate surface area is 122 Å². The summed E-state index contributed by atoms with van der Waals surface area (Å²) in [7, 11) is 0. The summed E-state index contributed by atoms with van der Waals surface area (Å²) in [6, 6.07) is 5.54. The summed E-state index contributed by atoms with van der Waals surface area (Å²) >= 11 is 0. The third-order valence-electron chi connectivity index (χ3n) is 4.17. The number of hydrogen-bond acceptors (Lipinski definition) is 3. The van der Waals surface area contributed by atoms with Crippen LogP contribution in [0.3, 0.4) is 0 Å². The predicted molar refractivity (Wildman–Crippen MR) is 80.6 cm³/mol. The lowest BCUT2D eigenvalue weighted by atomic mass is 9.95. The number of carbonyl (C=O) groups is 1. The smallest absolute Gasteiger partial charge is 0.338 e. The topological polar surface area (TPSA) is 64.1 Å². The van der Waals surface area contributed by atoms with E-state index in [1.54, 1.807) is 19.1 Å². The van der Waals surface area contributed by atoms with Gasteiger partial charge in [-0.3, -0.25) is 4.57 Å². The minimum atomic E-state index is -0.356. The van der Waals surface area contributed by atoms with E-state index in [-0.39, 0.29) is 17.7 Å². The Balaban J connectivity index is 2.01. The van der Waals surface area contributed by atoms with E-state index in [9.17, 15) is 9.59 Å². The second-order valence-electron chi connectivity index (χ2n) is 5.54. The Morgan fingerprint density at radius 1 is 1.33 bits per heavy atom. The molecule has 0 amide bonds. The highest BCUT2D eigenvalue weighted by atomic mass is 16.5. The predicted octanol–water partition coefficient (Wildman–Crippen LogP) is 3.01. The summed E-state index contributed by atoms with van der Waals surface area (Å²) in [4.78, 5) is 26.9. The van der Waals surface area contributed by atoms with E-state index in [0.717, 1.165) is 18.4 Å². The second-order valence-corrected chi connectivity index (χ2v) is 5.54. The highest BCUT2D eigenvalue weighted by molar-refractivity contribution is 5.93. The van der Waals surface area contributed by atoms with Gasteiger partial charge in [-0.1, -0.05) is 19.3 Å². The van der Waals surface area contributed by atoms with Crippen molar-refractivity contribution < 1.29 is 9.53 Å². The van der Waals surface area contributed by atoms with E-state index in [2.05, 4.69) is 4.98 Å². The fraction of sp³-hybridized carbons (Fsp3) is 0.500. The molecule has 0 aliphatic heterocycles. The van der Waals surface area contributed by atoms with Gasteiger partial charge in [0.05, 0.1) is 23.2 Å². The van der Waals surface area contributed by atoms with Crippen LogP contribution in [0, 0.1) is 0 Å². The van der Waals surface area contributed by atoms with Gasteiger partial charge in [0.25, 0.3) is 0 Å². The molecule has 112 valence electrons. The number of imidazole rings is 1. The van der Waals surface area contributed by atoms with Gasteiger partial charge in [0.15, 0.2) is 0 Å². The Morgan fingerprint density at radius 3 is 2.81 bits per heavy atom. The Morgan fingerprint density at radius 2 is 2.10 bits per heavy atom. The molecule has 1 saturated carbocycles. The SMILES string of the molecule is CCOC(=O)c1ccc2c(c1)[nH]c(=O)n2C1CCCCC1. The molecule has 1 fully saturated rings. The fourth-order valence-electron chi connectivity index (χ4n) is 3.17. The number of benzene rings is 1. The van der Waals surface area contributed by atoms with Crippen LogP contribution in [0.5, 0.6) is 0 Å². The number of fused-ring (bicyclic) bond motifs is 1. The quantitative estimate of drug-likeness (QED) is 0.883. The highest BCUT2D eigenvalue weighted by Crippen LogP contribution is 2.29. The van der Waals surface area contributed by atoms with Crippen LogP contribution in [0.1, 0.15) is 55.4 Å². The second kappa shape index (κ2) is 5.76. The number of esters is 1. The van der Waals surface area contributed by atoms with Crippen molar-refractivity contribution in [1.82, 2.24) is 9.55 Å². The van der Waals surface area contributed by atoms with Crippen LogP contribution in [0.2, 0.25) is 0 Å². The molecule has 2 aromatic rings. The first-order chi connectivity index (χ1) is 10.2. The van der Waals surface area contributed by atoms with Crippen LogP contribution in [0.25, 0.3) is 11.0 Å². The number of H-pyrrole nitrogens is 1. The maximum Gasteiger partial charge on any atom is 0.338 e. The molecule has 0 saturated heterocycles. The molecule has 1 heterocycles. The van der Waals surface area contributed by atoms with Crippen LogP contribution >= 0.6 is 0 Å². The Bertz CT molecular complexity index is 708. The van der Waals surface area contributed by atoms with Gasteiger partial charge in [0, 0.05) is 6.04 Å². The maximum absolute atomic E-state index is 12.2. The molecule has 0 unspecified atom stereocenters. The lowest BCUT2D eigenvalue weighted by molar-refractivity contribution is 0.0526. The molecule has 0 radical (unpaired) electrons. The largest absolute Gasteiger partial charge is 0.462 e. The van der Waals surface area contributed by atoms with Gasteiger partial charge >= 0.3 is 11.7 Å². The Hall–Kier alpha value is -2.04. The van der Waals surface area contributed by atoms with Crippen molar-refractivity contribution in [1.29, 1.82) is 0 Å². The molecule has 1 aliphatic carbocycles. The van der Waals surface area contributed by atoms with Gasteiger partial charge < -0.3 is 9.72 Å². The first-order valence-electron chi connectivity index (χ1n) is 7.62. The number of nitrogens with zero attached hydrogens (tertiary/aromatic N) is 1. The van der Waals surface area contributed by atoms with Gasteiger partial charge in [-0.05, 0) is 38.0 Å². The average molecular weight is 288 g/mol. The third kappa shape index (κ3) is 2.60.